The lowest BCUT2D eigenvalue weighted by molar-refractivity contribution is -0.154. The van der Waals surface area contributed by atoms with Crippen LogP contribution in [0.5, 0.6) is 5.75 Å². The fourth-order valence-electron chi connectivity index (χ4n) is 6.25. The van der Waals surface area contributed by atoms with Gasteiger partial charge in [-0.1, -0.05) is 43.1 Å². The van der Waals surface area contributed by atoms with E-state index >= 15 is 0 Å². The Hall–Kier alpha value is -5.15. The molecule has 1 aromatic heterocycles. The molecule has 4 heterocycles. The highest BCUT2D eigenvalue weighted by Gasteiger charge is 2.57. The summed E-state index contributed by atoms with van der Waals surface area (Å²) < 4.78 is 15.1. The number of aromatic hydroxyl groups is 1. The molecule has 3 aromatic rings. The molecule has 2 aromatic carbocycles. The first-order chi connectivity index (χ1) is 23.5. The SMILES string of the molecule is O=C(CC(C(=C1CCNC1=O)C1=C(C(=O)O)N2C(=O)[C@@H](N(S)C(=O)Cc3ccccc3)[C@H]2SC1)c1ccncc1)Nc1ccc(O)c(F)c1. The van der Waals surface area contributed by atoms with E-state index < -0.39 is 58.5 Å². The number of carboxylic acids is 1. The Morgan fingerprint density at radius 3 is 2.51 bits per heavy atom. The number of allylic oxidation sites excluding steroid dienone is 1. The van der Waals surface area contributed by atoms with E-state index in [9.17, 15) is 38.6 Å². The number of phenols is 1. The zero-order valence-electron chi connectivity index (χ0n) is 25.7. The predicted octanol–water partition coefficient (Wildman–Crippen LogP) is 3.39. The number of anilines is 1. The van der Waals surface area contributed by atoms with Gasteiger partial charge in [-0.25, -0.2) is 9.18 Å². The topological polar surface area (TPSA) is 169 Å². The number of aromatic nitrogens is 1. The minimum atomic E-state index is -1.41. The molecule has 2 saturated heterocycles. The van der Waals surface area contributed by atoms with E-state index in [1.807, 2.05) is 6.07 Å². The van der Waals surface area contributed by atoms with Gasteiger partial charge in [-0.3, -0.25) is 33.4 Å². The average molecular weight is 704 g/mol. The summed E-state index contributed by atoms with van der Waals surface area (Å²) in [4.78, 5) is 71.7. The van der Waals surface area contributed by atoms with Crippen molar-refractivity contribution < 1.29 is 38.6 Å². The summed E-state index contributed by atoms with van der Waals surface area (Å²) in [5.74, 6) is -5.85. The molecule has 0 spiro atoms. The Balaban J connectivity index is 1.37. The number of aliphatic carboxylic acids is 1. The van der Waals surface area contributed by atoms with Crippen LogP contribution in [0.2, 0.25) is 0 Å². The number of rotatable bonds is 10. The van der Waals surface area contributed by atoms with E-state index in [0.717, 1.165) is 26.9 Å². The minimum absolute atomic E-state index is 0.00377. The molecule has 0 saturated carbocycles. The normalized spacial score (nSPS) is 20.2. The summed E-state index contributed by atoms with van der Waals surface area (Å²) in [6.07, 6.45) is 2.94. The van der Waals surface area contributed by atoms with Gasteiger partial charge in [-0.05, 0) is 53.0 Å². The second-order valence-corrected chi connectivity index (χ2v) is 13.1. The maximum Gasteiger partial charge on any atom is 0.352 e. The summed E-state index contributed by atoms with van der Waals surface area (Å²) in [5.41, 5.74) is 1.77. The highest BCUT2D eigenvalue weighted by Crippen LogP contribution is 2.48. The van der Waals surface area contributed by atoms with E-state index in [2.05, 4.69) is 28.4 Å². The van der Waals surface area contributed by atoms with Crippen molar-refractivity contribution in [3.63, 3.8) is 0 Å². The van der Waals surface area contributed by atoms with Crippen LogP contribution in [0.3, 0.4) is 0 Å². The third kappa shape index (κ3) is 6.76. The molecule has 0 radical (unpaired) electrons. The third-order valence-electron chi connectivity index (χ3n) is 8.52. The molecule has 1 unspecified atom stereocenters. The Bertz CT molecular complexity index is 1910. The number of pyridine rings is 1. The quantitative estimate of drug-likeness (QED) is 0.0920. The number of thioether (sulfide) groups is 1. The predicted molar refractivity (Wildman–Crippen MR) is 180 cm³/mol. The first kappa shape index (κ1) is 33.7. The number of thiol groups is 1. The molecule has 3 aliphatic rings. The van der Waals surface area contributed by atoms with E-state index in [1.165, 1.54) is 30.2 Å². The van der Waals surface area contributed by atoms with Crippen LogP contribution >= 0.6 is 24.6 Å². The fourth-order valence-corrected chi connectivity index (χ4v) is 8.04. The molecule has 4 amide bonds. The largest absolute Gasteiger partial charge is 0.505 e. The number of carbonyl (C=O) groups is 5. The maximum absolute atomic E-state index is 14.0. The van der Waals surface area contributed by atoms with Crippen molar-refractivity contribution >= 4 is 59.9 Å². The summed E-state index contributed by atoms with van der Waals surface area (Å²) in [6, 6.07) is 14.6. The summed E-state index contributed by atoms with van der Waals surface area (Å²) in [5, 5.41) is 24.7. The Labute approximate surface area is 289 Å². The van der Waals surface area contributed by atoms with E-state index in [4.69, 9.17) is 0 Å². The number of amides is 4. The molecule has 0 aliphatic carbocycles. The number of hydrogen-bond donors (Lipinski definition) is 5. The van der Waals surface area contributed by atoms with E-state index in [-0.39, 0.29) is 59.7 Å². The van der Waals surface area contributed by atoms with Crippen LogP contribution in [0.1, 0.15) is 29.9 Å². The second kappa shape index (κ2) is 14.1. The first-order valence-corrected chi connectivity index (χ1v) is 16.7. The highest BCUT2D eigenvalue weighted by molar-refractivity contribution is 8.00. The Morgan fingerprint density at radius 1 is 1.12 bits per heavy atom. The lowest BCUT2D eigenvalue weighted by atomic mass is 9.80. The van der Waals surface area contributed by atoms with Crippen molar-refractivity contribution in [2.45, 2.75) is 36.6 Å². The Kier molecular flexibility index (Phi) is 9.74. The van der Waals surface area contributed by atoms with Gasteiger partial charge in [0.25, 0.3) is 5.91 Å². The standard InChI is InChI=1S/C34H30FN5O7S2/c35-24-15-20(6-7-25(24)41)38-26(42)16-22(19-8-11-36-12-9-19)28(21-10-13-37-31(21)44)23-17-49-33-30(32(45)39(33)29(23)34(46)47)40(48)27(43)14-18-4-2-1-3-5-18/h1-9,11-12,15,22,30,33,41,48H,10,13-14,16-17H2,(H,37,44)(H,38,42)(H,46,47)/t22?,30-,33-/m1/s1. The first-order valence-electron chi connectivity index (χ1n) is 15.2. The molecular weight excluding hydrogens is 674 g/mol. The van der Waals surface area contributed by atoms with Crippen LogP contribution < -0.4 is 10.6 Å². The highest BCUT2D eigenvalue weighted by atomic mass is 32.2. The molecule has 49 heavy (non-hydrogen) atoms. The number of benzene rings is 2. The van der Waals surface area contributed by atoms with Gasteiger partial charge in [0.1, 0.15) is 11.1 Å². The molecule has 252 valence electrons. The van der Waals surface area contributed by atoms with Crippen LogP contribution in [0.25, 0.3) is 0 Å². The molecule has 15 heteroatoms. The third-order valence-corrected chi connectivity index (χ3v) is 10.3. The molecular formula is C34H30FN5O7S2. The van der Waals surface area contributed by atoms with Crippen molar-refractivity contribution in [2.24, 2.45) is 0 Å². The van der Waals surface area contributed by atoms with E-state index in [0.29, 0.717) is 5.56 Å². The van der Waals surface area contributed by atoms with Gasteiger partial charge in [0.05, 0.1) is 6.42 Å². The van der Waals surface area contributed by atoms with Crippen molar-refractivity contribution in [1.82, 2.24) is 19.5 Å². The number of nitrogens with zero attached hydrogens (tertiary/aromatic N) is 3. The number of carboxylic acid groups (broad SMARTS) is 1. The number of phenolic OH excluding ortho intramolecular Hbond substituents is 1. The number of hydrogen-bond acceptors (Lipinski definition) is 9. The smallest absolute Gasteiger partial charge is 0.352 e. The van der Waals surface area contributed by atoms with Gasteiger partial charge < -0.3 is 20.8 Å². The number of nitrogens with one attached hydrogen (secondary N) is 2. The van der Waals surface area contributed by atoms with Crippen molar-refractivity contribution in [2.75, 3.05) is 17.6 Å². The fraction of sp³-hybridized carbons (Fsp3) is 0.235. The van der Waals surface area contributed by atoms with Crippen molar-refractivity contribution in [3.05, 3.63) is 112 Å². The van der Waals surface area contributed by atoms with Crippen LogP contribution in [-0.2, 0) is 30.4 Å². The lowest BCUT2D eigenvalue weighted by Crippen LogP contribution is -2.69. The van der Waals surface area contributed by atoms with Crippen LogP contribution in [-0.4, -0.2) is 77.7 Å². The number of carbonyl (C=O) groups excluding carboxylic acids is 4. The second-order valence-electron chi connectivity index (χ2n) is 11.5. The zero-order valence-corrected chi connectivity index (χ0v) is 27.4. The van der Waals surface area contributed by atoms with Crippen LogP contribution in [0, 0.1) is 5.82 Å². The molecule has 3 aliphatic heterocycles. The zero-order chi connectivity index (χ0) is 34.8. The van der Waals surface area contributed by atoms with Gasteiger partial charge in [0.15, 0.2) is 17.6 Å². The number of β-lactam (4-membered cyclic amide) rings is 1. The van der Waals surface area contributed by atoms with Crippen LogP contribution in [0.15, 0.2) is 95.5 Å². The van der Waals surface area contributed by atoms with Crippen LogP contribution in [0.4, 0.5) is 10.1 Å². The number of fused-ring (bicyclic) bond motifs is 1. The molecule has 2 fully saturated rings. The Morgan fingerprint density at radius 2 is 1.86 bits per heavy atom. The summed E-state index contributed by atoms with van der Waals surface area (Å²) in [7, 11) is 0. The molecule has 6 rings (SSSR count). The van der Waals surface area contributed by atoms with E-state index in [1.54, 1.807) is 36.4 Å². The lowest BCUT2D eigenvalue weighted by Gasteiger charge is -2.52. The maximum atomic E-state index is 14.0. The minimum Gasteiger partial charge on any atom is -0.505 e. The average Bonchev–Trinajstić information content (AvgIpc) is 3.51. The molecule has 3 atom stereocenters. The van der Waals surface area contributed by atoms with Crippen molar-refractivity contribution in [1.29, 1.82) is 0 Å². The van der Waals surface area contributed by atoms with Gasteiger partial charge >= 0.3 is 5.97 Å². The monoisotopic (exact) mass is 703 g/mol. The van der Waals surface area contributed by atoms with Gasteiger partial charge in [0.2, 0.25) is 17.7 Å². The van der Waals surface area contributed by atoms with Crippen molar-refractivity contribution in [3.8, 4) is 5.75 Å². The molecule has 4 N–H and O–H groups in total. The summed E-state index contributed by atoms with van der Waals surface area (Å²) >= 11 is 5.59. The number of halogens is 1. The molecule has 0 bridgehead atoms. The molecule has 12 nitrogen and oxygen atoms in total. The van der Waals surface area contributed by atoms with Gasteiger partial charge in [-0.15, -0.1) is 11.8 Å². The van der Waals surface area contributed by atoms with Gasteiger partial charge in [-0.2, -0.15) is 0 Å². The van der Waals surface area contributed by atoms with Gasteiger partial charge in [0, 0.05) is 54.4 Å². The summed E-state index contributed by atoms with van der Waals surface area (Å²) in [6.45, 7) is 0.286.